The van der Waals surface area contributed by atoms with E-state index in [9.17, 15) is 14.0 Å². The number of anilines is 1. The minimum absolute atomic E-state index is 0.00623. The Kier molecular flexibility index (Phi) is 4.21. The van der Waals surface area contributed by atoms with Gasteiger partial charge in [0.2, 0.25) is 0 Å². The van der Waals surface area contributed by atoms with Crippen molar-refractivity contribution >= 4 is 17.4 Å². The number of pyridine rings is 1. The molecule has 27 heavy (non-hydrogen) atoms. The highest BCUT2D eigenvalue weighted by molar-refractivity contribution is 5.89. The third-order valence-electron chi connectivity index (χ3n) is 4.39. The Hall–Kier alpha value is -3.46. The van der Waals surface area contributed by atoms with E-state index in [-0.39, 0.29) is 31.0 Å². The first-order valence-electron chi connectivity index (χ1n) is 8.23. The summed E-state index contributed by atoms with van der Waals surface area (Å²) >= 11 is 0. The van der Waals surface area contributed by atoms with E-state index in [1.165, 1.54) is 9.08 Å². The molecular weight excluding hydrogens is 353 g/mol. The lowest BCUT2D eigenvalue weighted by atomic mass is 10.0. The maximum absolute atomic E-state index is 12.8. The largest absolute Gasteiger partial charge is 0.444 e. The van der Waals surface area contributed by atoms with Crippen molar-refractivity contribution < 1.29 is 13.9 Å². The van der Waals surface area contributed by atoms with Crippen molar-refractivity contribution in [1.82, 2.24) is 14.2 Å². The van der Waals surface area contributed by atoms with Crippen LogP contribution in [0.15, 0.2) is 53.2 Å². The molecular formula is C18H16FN5O3. The standard InChI is InChI=1S/C18H16FN5O3/c19-7-11(8-20)9-24-18(26)23-4-3-13(6-16(23)22-24)12-1-2-14-10-27-17(25)21-15(14)5-12/h1-7H,8-10,20H2,(H,21,25)/b11-7+. The second-order valence-electron chi connectivity index (χ2n) is 6.13. The molecule has 1 aliphatic heterocycles. The minimum Gasteiger partial charge on any atom is -0.444 e. The maximum atomic E-state index is 12.8. The zero-order valence-electron chi connectivity index (χ0n) is 14.2. The summed E-state index contributed by atoms with van der Waals surface area (Å²) in [5.74, 6) is 0. The predicted molar refractivity (Wildman–Crippen MR) is 96.9 cm³/mol. The Morgan fingerprint density at radius 3 is 2.89 bits per heavy atom. The Labute approximate surface area is 152 Å². The molecule has 1 aromatic carbocycles. The molecule has 138 valence electrons. The number of fused-ring (bicyclic) bond motifs is 2. The second-order valence-corrected chi connectivity index (χ2v) is 6.13. The summed E-state index contributed by atoms with van der Waals surface area (Å²) in [6.45, 7) is 0.228. The molecule has 3 N–H and O–H groups in total. The summed E-state index contributed by atoms with van der Waals surface area (Å²) in [6, 6.07) is 9.15. The number of hydrogen-bond acceptors (Lipinski definition) is 5. The first kappa shape index (κ1) is 17.0. The van der Waals surface area contributed by atoms with Crippen LogP contribution < -0.4 is 16.7 Å². The molecule has 1 amide bonds. The molecule has 0 radical (unpaired) electrons. The van der Waals surface area contributed by atoms with Crippen LogP contribution in [0, 0.1) is 0 Å². The molecule has 0 fully saturated rings. The van der Waals surface area contributed by atoms with Gasteiger partial charge in [-0.3, -0.25) is 9.72 Å². The van der Waals surface area contributed by atoms with E-state index in [0.717, 1.165) is 16.7 Å². The summed E-state index contributed by atoms with van der Waals surface area (Å²) < 4.78 is 20.2. The number of rotatable bonds is 4. The Morgan fingerprint density at radius 1 is 1.30 bits per heavy atom. The zero-order valence-corrected chi connectivity index (χ0v) is 14.2. The molecule has 0 unspecified atom stereocenters. The fraction of sp³-hybridized carbons (Fsp3) is 0.167. The number of hydrogen-bond donors (Lipinski definition) is 2. The molecule has 3 heterocycles. The quantitative estimate of drug-likeness (QED) is 0.732. The monoisotopic (exact) mass is 369 g/mol. The summed E-state index contributed by atoms with van der Waals surface area (Å²) in [6.07, 6.45) is 1.52. The van der Waals surface area contributed by atoms with Crippen molar-refractivity contribution in [3.05, 3.63) is 64.5 Å². The molecule has 0 spiro atoms. The second kappa shape index (κ2) is 6.69. The number of halogens is 1. The molecule has 0 bridgehead atoms. The third kappa shape index (κ3) is 3.08. The number of benzene rings is 1. The van der Waals surface area contributed by atoms with Crippen LogP contribution in [0.25, 0.3) is 16.8 Å². The molecule has 0 saturated heterocycles. The highest BCUT2D eigenvalue weighted by atomic mass is 19.1. The summed E-state index contributed by atoms with van der Waals surface area (Å²) in [4.78, 5) is 23.8. The van der Waals surface area contributed by atoms with Crippen molar-refractivity contribution in [2.75, 3.05) is 11.9 Å². The Bertz CT molecular complexity index is 1130. The number of nitrogens with two attached hydrogens (primary N) is 1. The fourth-order valence-electron chi connectivity index (χ4n) is 2.92. The van der Waals surface area contributed by atoms with E-state index in [0.29, 0.717) is 17.7 Å². The zero-order chi connectivity index (χ0) is 19.0. The van der Waals surface area contributed by atoms with Gasteiger partial charge in [-0.25, -0.2) is 18.7 Å². The van der Waals surface area contributed by atoms with E-state index in [1.807, 2.05) is 18.2 Å². The number of nitrogens with zero attached hydrogens (tertiary/aromatic N) is 3. The smallest absolute Gasteiger partial charge is 0.411 e. The highest BCUT2D eigenvalue weighted by Crippen LogP contribution is 2.28. The average Bonchev–Trinajstić information content (AvgIpc) is 3.00. The Balaban J connectivity index is 1.73. The Morgan fingerprint density at radius 2 is 2.11 bits per heavy atom. The van der Waals surface area contributed by atoms with Crippen molar-refractivity contribution in [3.8, 4) is 11.1 Å². The van der Waals surface area contributed by atoms with E-state index in [2.05, 4.69) is 10.4 Å². The lowest BCUT2D eigenvalue weighted by Crippen LogP contribution is -2.23. The van der Waals surface area contributed by atoms with Gasteiger partial charge in [0, 0.05) is 18.3 Å². The normalized spacial score (nSPS) is 14.0. The average molecular weight is 369 g/mol. The molecule has 2 aromatic heterocycles. The van der Waals surface area contributed by atoms with Crippen LogP contribution in [-0.4, -0.2) is 26.8 Å². The van der Waals surface area contributed by atoms with Crippen molar-refractivity contribution in [1.29, 1.82) is 0 Å². The van der Waals surface area contributed by atoms with Crippen LogP contribution in [0.4, 0.5) is 14.9 Å². The van der Waals surface area contributed by atoms with Crippen LogP contribution in [0.2, 0.25) is 0 Å². The number of ether oxygens (including phenoxy) is 1. The summed E-state index contributed by atoms with van der Waals surface area (Å²) in [5, 5.41) is 6.91. The van der Waals surface area contributed by atoms with Gasteiger partial charge in [-0.2, -0.15) is 0 Å². The first-order chi connectivity index (χ1) is 13.1. The number of amides is 1. The maximum Gasteiger partial charge on any atom is 0.411 e. The predicted octanol–water partition coefficient (Wildman–Crippen LogP) is 2.04. The van der Waals surface area contributed by atoms with Crippen LogP contribution in [0.3, 0.4) is 0 Å². The number of cyclic esters (lactones) is 1. The van der Waals surface area contributed by atoms with Gasteiger partial charge in [0.15, 0.2) is 5.65 Å². The van der Waals surface area contributed by atoms with E-state index in [1.54, 1.807) is 18.3 Å². The van der Waals surface area contributed by atoms with Crippen LogP contribution >= 0.6 is 0 Å². The van der Waals surface area contributed by atoms with Gasteiger partial charge in [0.05, 0.1) is 18.6 Å². The van der Waals surface area contributed by atoms with Gasteiger partial charge < -0.3 is 10.5 Å². The molecule has 3 aromatic rings. The van der Waals surface area contributed by atoms with E-state index >= 15 is 0 Å². The molecule has 4 rings (SSSR count). The minimum atomic E-state index is -0.489. The van der Waals surface area contributed by atoms with Crippen molar-refractivity contribution in [3.63, 3.8) is 0 Å². The first-order valence-corrected chi connectivity index (χ1v) is 8.23. The molecule has 9 heteroatoms. The topological polar surface area (TPSA) is 104 Å². The number of carbonyl (C=O) groups excluding carboxylic acids is 1. The summed E-state index contributed by atoms with van der Waals surface area (Å²) in [7, 11) is 0. The SMILES string of the molecule is NC/C(=C\F)Cn1nc2cc(-c3ccc4c(c3)NC(=O)OC4)ccn2c1=O. The lowest BCUT2D eigenvalue weighted by Gasteiger charge is -2.18. The van der Waals surface area contributed by atoms with Gasteiger partial charge in [-0.1, -0.05) is 12.1 Å². The van der Waals surface area contributed by atoms with E-state index in [4.69, 9.17) is 10.5 Å². The van der Waals surface area contributed by atoms with Gasteiger partial charge in [0.25, 0.3) is 0 Å². The van der Waals surface area contributed by atoms with Crippen molar-refractivity contribution in [2.45, 2.75) is 13.2 Å². The van der Waals surface area contributed by atoms with Crippen LogP contribution in [0.1, 0.15) is 5.56 Å². The van der Waals surface area contributed by atoms with Crippen LogP contribution in [0.5, 0.6) is 0 Å². The third-order valence-corrected chi connectivity index (χ3v) is 4.39. The molecule has 1 aliphatic rings. The fourth-order valence-corrected chi connectivity index (χ4v) is 2.92. The van der Waals surface area contributed by atoms with Gasteiger partial charge in [0.1, 0.15) is 6.61 Å². The molecule has 0 aliphatic carbocycles. The van der Waals surface area contributed by atoms with Crippen molar-refractivity contribution in [2.24, 2.45) is 5.73 Å². The highest BCUT2D eigenvalue weighted by Gasteiger charge is 2.16. The van der Waals surface area contributed by atoms with Gasteiger partial charge >= 0.3 is 11.8 Å². The van der Waals surface area contributed by atoms with E-state index < -0.39 is 6.09 Å². The molecule has 0 saturated carbocycles. The summed E-state index contributed by atoms with van der Waals surface area (Å²) in [5.41, 5.74) is 9.01. The number of aromatic nitrogens is 3. The number of carbonyl (C=O) groups is 1. The molecule has 0 atom stereocenters. The van der Waals surface area contributed by atoms with Crippen LogP contribution in [-0.2, 0) is 17.9 Å². The van der Waals surface area contributed by atoms with Gasteiger partial charge in [-0.05, 0) is 34.9 Å². The number of nitrogens with one attached hydrogen (secondary N) is 1. The molecule has 8 nitrogen and oxygen atoms in total. The lowest BCUT2D eigenvalue weighted by molar-refractivity contribution is 0.151. The van der Waals surface area contributed by atoms with Gasteiger partial charge in [-0.15, -0.1) is 5.10 Å².